The number of nitrogens with one attached hydrogen (secondary N) is 3. The molecule has 3 aromatic heterocycles. The van der Waals surface area contributed by atoms with Crippen LogP contribution >= 0.6 is 0 Å². The van der Waals surface area contributed by atoms with E-state index in [0.29, 0.717) is 30.3 Å². The quantitative estimate of drug-likeness (QED) is 0.135. The zero-order chi connectivity index (χ0) is 40.3. The molecule has 14 nitrogen and oxygen atoms in total. The highest BCUT2D eigenvalue weighted by molar-refractivity contribution is 6.01. The van der Waals surface area contributed by atoms with Crippen LogP contribution in [0.5, 0.6) is 0 Å². The van der Waals surface area contributed by atoms with Crippen molar-refractivity contribution in [3.63, 3.8) is 0 Å². The first-order valence-corrected chi connectivity index (χ1v) is 19.5. The van der Waals surface area contributed by atoms with Crippen LogP contribution in [-0.4, -0.2) is 80.4 Å². The topological polar surface area (TPSA) is 171 Å². The lowest BCUT2D eigenvalue weighted by atomic mass is 9.87. The second-order valence-corrected chi connectivity index (χ2v) is 16.0. The van der Waals surface area contributed by atoms with Crippen molar-refractivity contribution in [1.29, 1.82) is 0 Å². The molecule has 7 rings (SSSR count). The minimum absolute atomic E-state index is 0.0539. The Morgan fingerprint density at radius 3 is 2.44 bits per heavy atom. The van der Waals surface area contributed by atoms with Gasteiger partial charge in [0.2, 0.25) is 11.8 Å². The molecule has 5 aromatic rings. The lowest BCUT2D eigenvalue weighted by Crippen LogP contribution is -2.47. The third-order valence-electron chi connectivity index (χ3n) is 10.7. The normalized spacial score (nSPS) is 16.9. The fraction of sp³-hybridized carbons (Fsp3) is 0.395. The first-order valence-electron chi connectivity index (χ1n) is 19.5. The minimum Gasteiger partial charge on any atom is -0.368 e. The first-order chi connectivity index (χ1) is 27.3. The van der Waals surface area contributed by atoms with Crippen molar-refractivity contribution in [3.05, 3.63) is 107 Å². The minimum atomic E-state index is -0.416. The molecule has 2 aliphatic rings. The largest absolute Gasteiger partial charge is 0.368 e. The number of aryl methyl sites for hydroxylation is 2. The average molecular weight is 771 g/mol. The summed E-state index contributed by atoms with van der Waals surface area (Å²) in [5.41, 5.74) is 7.78. The summed E-state index contributed by atoms with van der Waals surface area (Å²) in [6.07, 6.45) is 5.33. The van der Waals surface area contributed by atoms with Gasteiger partial charge in [0.05, 0.1) is 29.5 Å². The molecule has 1 unspecified atom stereocenters. The highest BCUT2D eigenvalue weighted by Gasteiger charge is 2.29. The van der Waals surface area contributed by atoms with Crippen molar-refractivity contribution in [2.24, 2.45) is 0 Å². The molecule has 2 aliphatic heterocycles. The monoisotopic (exact) mass is 770 g/mol. The number of benzene rings is 2. The Hall–Kier alpha value is -6.02. The van der Waals surface area contributed by atoms with E-state index in [1.807, 2.05) is 71.1 Å². The van der Waals surface area contributed by atoms with E-state index in [0.717, 1.165) is 78.3 Å². The lowest BCUT2D eigenvalue weighted by molar-refractivity contribution is -0.134. The fourth-order valence-corrected chi connectivity index (χ4v) is 7.43. The second kappa shape index (κ2) is 16.6. The van der Waals surface area contributed by atoms with Crippen molar-refractivity contribution < 1.29 is 18.9 Å². The molecular weight excluding hydrogens is 721 g/mol. The van der Waals surface area contributed by atoms with Crippen LogP contribution in [0.25, 0.3) is 11.3 Å². The van der Waals surface area contributed by atoms with E-state index in [1.165, 1.54) is 11.9 Å². The number of piperazine rings is 1. The maximum atomic E-state index is 12.8. The van der Waals surface area contributed by atoms with Gasteiger partial charge < -0.3 is 20.1 Å². The number of amides is 3. The van der Waals surface area contributed by atoms with Gasteiger partial charge in [-0.1, -0.05) is 56.3 Å². The van der Waals surface area contributed by atoms with E-state index >= 15 is 0 Å². The molecule has 0 bridgehead atoms. The fourth-order valence-electron chi connectivity index (χ4n) is 7.43. The number of aromatic nitrogens is 5. The third-order valence-corrected chi connectivity index (χ3v) is 10.7. The predicted octanol–water partition coefficient (Wildman–Crippen LogP) is 5.96. The maximum absolute atomic E-state index is 12.8. The number of anilines is 3. The smallest absolute Gasteiger partial charge is 0.315 e. The van der Waals surface area contributed by atoms with Gasteiger partial charge in [0.25, 0.3) is 0 Å². The first kappa shape index (κ1) is 39.2. The summed E-state index contributed by atoms with van der Waals surface area (Å²) in [6.45, 7) is 16.6. The number of hydrogen-bond donors (Lipinski definition) is 3. The van der Waals surface area contributed by atoms with Gasteiger partial charge in [0, 0.05) is 56.2 Å². The van der Waals surface area contributed by atoms with Crippen LogP contribution in [0.4, 0.5) is 17.3 Å². The SMILES string of the molecule is Cc1cc(CCN2CCN(c3ccc(Nc4cc(-c5ccc([C@@H](C)NC(=O)c6nc(C(C)(C)C)no6)c(C)c5)ncn4)nc3)CC2)ccc1C1CCC(=O)NC1=O. The Morgan fingerprint density at radius 2 is 1.75 bits per heavy atom. The second-order valence-electron chi connectivity index (χ2n) is 16.0. The highest BCUT2D eigenvalue weighted by Crippen LogP contribution is 2.29. The summed E-state index contributed by atoms with van der Waals surface area (Å²) in [6, 6.07) is 18.1. The number of hydrogen-bond acceptors (Lipinski definition) is 12. The molecular formula is C43H50N10O4. The molecule has 3 N–H and O–H groups in total. The Bertz CT molecular complexity index is 2260. The van der Waals surface area contributed by atoms with Gasteiger partial charge in [-0.25, -0.2) is 15.0 Å². The van der Waals surface area contributed by atoms with E-state index < -0.39 is 5.91 Å². The Kier molecular flexibility index (Phi) is 11.4. The predicted molar refractivity (Wildman–Crippen MR) is 217 cm³/mol. The van der Waals surface area contributed by atoms with Crippen LogP contribution in [0.2, 0.25) is 0 Å². The Morgan fingerprint density at radius 1 is 0.947 bits per heavy atom. The van der Waals surface area contributed by atoms with Crippen LogP contribution < -0.4 is 20.9 Å². The van der Waals surface area contributed by atoms with E-state index in [9.17, 15) is 14.4 Å². The van der Waals surface area contributed by atoms with Gasteiger partial charge in [-0.2, -0.15) is 4.98 Å². The van der Waals surface area contributed by atoms with Crippen LogP contribution in [0.15, 0.2) is 71.6 Å². The van der Waals surface area contributed by atoms with Crippen molar-refractivity contribution in [2.75, 3.05) is 42.9 Å². The number of carbonyl (C=O) groups is 3. The third kappa shape index (κ3) is 9.34. The summed E-state index contributed by atoms with van der Waals surface area (Å²) in [7, 11) is 0. The molecule has 0 radical (unpaired) electrons. The van der Waals surface area contributed by atoms with Gasteiger partial charge in [-0.3, -0.25) is 24.6 Å². The van der Waals surface area contributed by atoms with Gasteiger partial charge >= 0.3 is 11.8 Å². The summed E-state index contributed by atoms with van der Waals surface area (Å²) in [5, 5.41) is 12.7. The summed E-state index contributed by atoms with van der Waals surface area (Å²) in [5.74, 6) is 0.703. The summed E-state index contributed by atoms with van der Waals surface area (Å²) in [4.78, 5) is 59.5. The van der Waals surface area contributed by atoms with Gasteiger partial charge in [0.1, 0.15) is 18.0 Å². The zero-order valence-electron chi connectivity index (χ0n) is 33.4. The molecule has 0 aliphatic carbocycles. The van der Waals surface area contributed by atoms with E-state index in [2.05, 4.69) is 82.0 Å². The molecule has 57 heavy (non-hydrogen) atoms. The molecule has 5 heterocycles. The van der Waals surface area contributed by atoms with Crippen LogP contribution in [0, 0.1) is 13.8 Å². The van der Waals surface area contributed by atoms with Gasteiger partial charge in [0.15, 0.2) is 5.82 Å². The number of piperidine rings is 1. The molecule has 2 atom stereocenters. The molecule has 2 fully saturated rings. The maximum Gasteiger partial charge on any atom is 0.315 e. The van der Waals surface area contributed by atoms with Crippen molar-refractivity contribution in [2.45, 2.75) is 78.2 Å². The number of imide groups is 1. The standard InChI is InChI=1S/C43H50N10O4/c1-26-21-29(7-10-33(26)34-12-14-38(54)49-39(34)55)15-16-52-17-19-53(20-18-52)31-9-13-36(44-24-31)48-37-23-35(45-25-46-37)30-8-11-32(27(2)22-30)28(3)47-40(56)41-50-42(51-57-41)43(4,5)6/h7-11,13,21-25,28,34H,12,14-20H2,1-6H3,(H,47,56)(H,49,54,55)(H,44,45,46,48)/t28-,34?/m1/s1. The Labute approximate surface area is 332 Å². The number of carbonyl (C=O) groups excluding carboxylic acids is 3. The molecule has 14 heteroatoms. The average Bonchev–Trinajstić information content (AvgIpc) is 3.70. The van der Waals surface area contributed by atoms with E-state index in [-0.39, 0.29) is 35.1 Å². The van der Waals surface area contributed by atoms with Crippen molar-refractivity contribution in [3.8, 4) is 11.3 Å². The Balaban J connectivity index is 0.890. The van der Waals surface area contributed by atoms with Crippen LogP contribution in [-0.2, 0) is 21.4 Å². The van der Waals surface area contributed by atoms with Gasteiger partial charge in [-0.15, -0.1) is 0 Å². The van der Waals surface area contributed by atoms with Crippen LogP contribution in [0.1, 0.15) is 96.8 Å². The lowest BCUT2D eigenvalue weighted by Gasteiger charge is -2.36. The van der Waals surface area contributed by atoms with Gasteiger partial charge in [-0.05, 0) is 79.6 Å². The zero-order valence-corrected chi connectivity index (χ0v) is 33.4. The van der Waals surface area contributed by atoms with E-state index in [1.54, 1.807) is 0 Å². The van der Waals surface area contributed by atoms with Crippen molar-refractivity contribution in [1.82, 2.24) is 40.6 Å². The summed E-state index contributed by atoms with van der Waals surface area (Å²) < 4.78 is 5.21. The molecule has 0 saturated carbocycles. The molecule has 296 valence electrons. The molecule has 3 amide bonds. The van der Waals surface area contributed by atoms with E-state index in [4.69, 9.17) is 4.52 Å². The number of pyridine rings is 1. The highest BCUT2D eigenvalue weighted by atomic mass is 16.5. The number of nitrogens with zero attached hydrogens (tertiary/aromatic N) is 7. The van der Waals surface area contributed by atoms with Crippen LogP contribution in [0.3, 0.4) is 0 Å². The molecule has 2 aromatic carbocycles. The number of rotatable bonds is 11. The van der Waals surface area contributed by atoms with Crippen molar-refractivity contribution >= 4 is 35.0 Å². The summed E-state index contributed by atoms with van der Waals surface area (Å²) >= 11 is 0. The molecule has 0 spiro atoms. The molecule has 2 saturated heterocycles.